The lowest BCUT2D eigenvalue weighted by atomic mass is 10.1. The second kappa shape index (κ2) is 5.75. The van der Waals surface area contributed by atoms with E-state index in [4.69, 9.17) is 0 Å². The van der Waals surface area contributed by atoms with Crippen LogP contribution in [0.5, 0.6) is 0 Å². The van der Waals surface area contributed by atoms with Gasteiger partial charge in [-0.1, -0.05) is 12.1 Å². The SMILES string of the molecule is CNCCCNc1ccccc1C(F)(F)F. The minimum Gasteiger partial charge on any atom is -0.385 e. The minimum atomic E-state index is -4.30. The molecule has 1 rings (SSSR count). The Kier molecular flexibility index (Phi) is 4.61. The molecule has 2 N–H and O–H groups in total. The zero-order valence-corrected chi connectivity index (χ0v) is 9.06. The summed E-state index contributed by atoms with van der Waals surface area (Å²) in [7, 11) is 1.81. The number of rotatable bonds is 5. The molecule has 2 nitrogen and oxygen atoms in total. The average Bonchev–Trinajstić information content (AvgIpc) is 2.24. The van der Waals surface area contributed by atoms with E-state index >= 15 is 0 Å². The van der Waals surface area contributed by atoms with E-state index in [2.05, 4.69) is 10.6 Å². The first kappa shape index (κ1) is 12.8. The predicted molar refractivity (Wildman–Crippen MR) is 58.5 cm³/mol. The fourth-order valence-electron chi connectivity index (χ4n) is 1.37. The Morgan fingerprint density at radius 1 is 1.12 bits per heavy atom. The predicted octanol–water partition coefficient (Wildman–Crippen LogP) is 2.73. The summed E-state index contributed by atoms with van der Waals surface area (Å²) in [5.74, 6) is 0. The van der Waals surface area contributed by atoms with E-state index < -0.39 is 11.7 Å². The van der Waals surface area contributed by atoms with E-state index in [1.165, 1.54) is 12.1 Å². The molecule has 0 saturated carbocycles. The molecule has 0 heterocycles. The van der Waals surface area contributed by atoms with Gasteiger partial charge < -0.3 is 10.6 Å². The van der Waals surface area contributed by atoms with Gasteiger partial charge in [0, 0.05) is 12.2 Å². The van der Waals surface area contributed by atoms with E-state index in [0.29, 0.717) is 6.54 Å². The molecule has 0 aliphatic carbocycles. The Labute approximate surface area is 92.9 Å². The molecule has 16 heavy (non-hydrogen) atoms. The molecule has 0 bridgehead atoms. The number of hydrogen-bond acceptors (Lipinski definition) is 2. The van der Waals surface area contributed by atoms with Crippen LogP contribution < -0.4 is 10.6 Å². The number of nitrogens with one attached hydrogen (secondary N) is 2. The van der Waals surface area contributed by atoms with Crippen molar-refractivity contribution in [1.29, 1.82) is 0 Å². The van der Waals surface area contributed by atoms with Crippen LogP contribution in [0.3, 0.4) is 0 Å². The topological polar surface area (TPSA) is 24.1 Å². The van der Waals surface area contributed by atoms with Crippen LogP contribution in [-0.4, -0.2) is 20.1 Å². The number of alkyl halides is 3. The van der Waals surface area contributed by atoms with Gasteiger partial charge in [0.1, 0.15) is 0 Å². The Morgan fingerprint density at radius 2 is 1.81 bits per heavy atom. The zero-order chi connectivity index (χ0) is 12.0. The number of halogens is 3. The van der Waals surface area contributed by atoms with E-state index in [9.17, 15) is 13.2 Å². The quantitative estimate of drug-likeness (QED) is 0.763. The molecular weight excluding hydrogens is 217 g/mol. The molecule has 0 aliphatic rings. The molecule has 1 aromatic carbocycles. The van der Waals surface area contributed by atoms with Gasteiger partial charge in [0.05, 0.1) is 5.56 Å². The third kappa shape index (κ3) is 3.73. The lowest BCUT2D eigenvalue weighted by molar-refractivity contribution is -0.136. The highest BCUT2D eigenvalue weighted by Crippen LogP contribution is 2.34. The van der Waals surface area contributed by atoms with Crippen LogP contribution >= 0.6 is 0 Å². The van der Waals surface area contributed by atoms with Gasteiger partial charge in [-0.15, -0.1) is 0 Å². The molecule has 0 radical (unpaired) electrons. The highest BCUT2D eigenvalue weighted by molar-refractivity contribution is 5.52. The summed E-state index contributed by atoms with van der Waals surface area (Å²) in [6.45, 7) is 1.30. The van der Waals surface area contributed by atoms with Gasteiger partial charge in [0.15, 0.2) is 0 Å². The van der Waals surface area contributed by atoms with Crippen LogP contribution in [0.1, 0.15) is 12.0 Å². The number of hydrogen-bond donors (Lipinski definition) is 2. The second-order valence-electron chi connectivity index (χ2n) is 3.43. The van der Waals surface area contributed by atoms with Crippen molar-refractivity contribution in [1.82, 2.24) is 5.32 Å². The first-order valence-corrected chi connectivity index (χ1v) is 5.10. The van der Waals surface area contributed by atoms with Crippen LogP contribution in [0.15, 0.2) is 24.3 Å². The van der Waals surface area contributed by atoms with Gasteiger partial charge in [-0.05, 0) is 32.1 Å². The van der Waals surface area contributed by atoms with Crippen LogP contribution in [-0.2, 0) is 6.18 Å². The molecule has 0 aromatic heterocycles. The molecule has 0 atom stereocenters. The Balaban J connectivity index is 2.65. The first-order chi connectivity index (χ1) is 7.55. The lowest BCUT2D eigenvalue weighted by Gasteiger charge is -2.14. The summed E-state index contributed by atoms with van der Waals surface area (Å²) in [5.41, 5.74) is -0.467. The van der Waals surface area contributed by atoms with Crippen LogP contribution in [0, 0.1) is 0 Å². The van der Waals surface area contributed by atoms with Crippen molar-refractivity contribution >= 4 is 5.69 Å². The molecule has 1 aromatic rings. The van der Waals surface area contributed by atoms with Gasteiger partial charge in [0.2, 0.25) is 0 Å². The fourth-order valence-corrected chi connectivity index (χ4v) is 1.37. The second-order valence-corrected chi connectivity index (χ2v) is 3.43. The standard InChI is InChI=1S/C11H15F3N2/c1-15-7-4-8-16-10-6-3-2-5-9(10)11(12,13)14/h2-3,5-6,15-16H,4,7-8H2,1H3. The maximum Gasteiger partial charge on any atom is 0.418 e. The highest BCUT2D eigenvalue weighted by atomic mass is 19.4. The van der Waals surface area contributed by atoms with Crippen molar-refractivity contribution in [2.45, 2.75) is 12.6 Å². The van der Waals surface area contributed by atoms with E-state index in [1.807, 2.05) is 7.05 Å². The lowest BCUT2D eigenvalue weighted by Crippen LogP contribution is -2.15. The monoisotopic (exact) mass is 232 g/mol. The zero-order valence-electron chi connectivity index (χ0n) is 9.06. The summed E-state index contributed by atoms with van der Waals surface area (Å²) >= 11 is 0. The summed E-state index contributed by atoms with van der Waals surface area (Å²) in [6, 6.07) is 5.51. The molecule has 0 fully saturated rings. The molecule has 0 unspecified atom stereocenters. The van der Waals surface area contributed by atoms with Crippen molar-refractivity contribution in [2.24, 2.45) is 0 Å². The summed E-state index contributed by atoms with van der Waals surface area (Å²) < 4.78 is 37.7. The van der Waals surface area contributed by atoms with Gasteiger partial charge >= 0.3 is 6.18 Å². The van der Waals surface area contributed by atoms with Gasteiger partial charge in [0.25, 0.3) is 0 Å². The normalized spacial score (nSPS) is 11.5. The summed E-state index contributed by atoms with van der Waals surface area (Å²) in [4.78, 5) is 0. The van der Waals surface area contributed by atoms with Crippen LogP contribution in [0.4, 0.5) is 18.9 Å². The number of anilines is 1. The number of para-hydroxylation sites is 1. The van der Waals surface area contributed by atoms with Crippen LogP contribution in [0.25, 0.3) is 0 Å². The first-order valence-electron chi connectivity index (χ1n) is 5.10. The third-order valence-corrected chi connectivity index (χ3v) is 2.15. The van der Waals surface area contributed by atoms with Crippen molar-refractivity contribution in [3.8, 4) is 0 Å². The molecule has 5 heteroatoms. The summed E-state index contributed by atoms with van der Waals surface area (Å²) in [5, 5.41) is 5.73. The molecule has 90 valence electrons. The largest absolute Gasteiger partial charge is 0.418 e. The number of benzene rings is 1. The average molecular weight is 232 g/mol. The van der Waals surface area contributed by atoms with Crippen LogP contribution in [0.2, 0.25) is 0 Å². The van der Waals surface area contributed by atoms with Gasteiger partial charge in [-0.3, -0.25) is 0 Å². The van der Waals surface area contributed by atoms with E-state index in [-0.39, 0.29) is 5.69 Å². The van der Waals surface area contributed by atoms with Crippen molar-refractivity contribution in [2.75, 3.05) is 25.5 Å². The van der Waals surface area contributed by atoms with Crippen molar-refractivity contribution in [3.05, 3.63) is 29.8 Å². The van der Waals surface area contributed by atoms with Crippen molar-refractivity contribution < 1.29 is 13.2 Å². The fraction of sp³-hybridized carbons (Fsp3) is 0.455. The highest BCUT2D eigenvalue weighted by Gasteiger charge is 2.32. The molecular formula is C11H15F3N2. The molecule has 0 saturated heterocycles. The van der Waals surface area contributed by atoms with Gasteiger partial charge in [-0.25, -0.2) is 0 Å². The van der Waals surface area contributed by atoms with Gasteiger partial charge in [-0.2, -0.15) is 13.2 Å². The maximum absolute atomic E-state index is 12.6. The Bertz CT molecular complexity index is 323. The smallest absolute Gasteiger partial charge is 0.385 e. The Morgan fingerprint density at radius 3 is 2.44 bits per heavy atom. The van der Waals surface area contributed by atoms with E-state index in [0.717, 1.165) is 19.0 Å². The summed E-state index contributed by atoms with van der Waals surface area (Å²) in [6.07, 6.45) is -3.52. The van der Waals surface area contributed by atoms with Crippen molar-refractivity contribution in [3.63, 3.8) is 0 Å². The third-order valence-electron chi connectivity index (χ3n) is 2.15. The molecule has 0 spiro atoms. The van der Waals surface area contributed by atoms with E-state index in [1.54, 1.807) is 6.07 Å². The molecule has 0 amide bonds. The minimum absolute atomic E-state index is 0.145. The maximum atomic E-state index is 12.6. The Hall–Kier alpha value is -1.23. The molecule has 0 aliphatic heterocycles.